The molecule has 4 aromatic rings. The van der Waals surface area contributed by atoms with Gasteiger partial charge in [0.1, 0.15) is 11.5 Å². The summed E-state index contributed by atoms with van der Waals surface area (Å²) in [7, 11) is 0. The van der Waals surface area contributed by atoms with Crippen molar-refractivity contribution in [3.8, 4) is 11.5 Å². The summed E-state index contributed by atoms with van der Waals surface area (Å²) in [6.45, 7) is 26.0. The lowest BCUT2D eigenvalue weighted by molar-refractivity contribution is 0.421. The summed E-state index contributed by atoms with van der Waals surface area (Å²) in [6.07, 6.45) is 0. The molecule has 4 aromatic carbocycles. The quantitative estimate of drug-likeness (QED) is 0.237. The van der Waals surface area contributed by atoms with Gasteiger partial charge in [-0.25, -0.2) is 0 Å². The molecule has 0 fully saturated rings. The average Bonchev–Trinajstić information content (AvgIpc) is 2.89. The van der Waals surface area contributed by atoms with Crippen molar-refractivity contribution in [2.45, 2.75) is 110 Å². The van der Waals surface area contributed by atoms with Crippen molar-refractivity contribution in [3.05, 3.63) is 129 Å². The summed E-state index contributed by atoms with van der Waals surface area (Å²) in [5.41, 5.74) is 6.29. The zero-order valence-corrected chi connectivity index (χ0v) is 28.5. The Hall–Kier alpha value is -3.52. The van der Waals surface area contributed by atoms with E-state index < -0.39 is 5.41 Å². The third-order valence-electron chi connectivity index (χ3n) is 8.73. The van der Waals surface area contributed by atoms with Crippen LogP contribution in [0, 0.1) is 0 Å². The van der Waals surface area contributed by atoms with Crippen molar-refractivity contribution in [1.82, 2.24) is 0 Å². The van der Waals surface area contributed by atoms with Crippen LogP contribution in [-0.2, 0) is 27.1 Å². The molecule has 0 amide bonds. The topological polar surface area (TPSA) is 40.5 Å². The summed E-state index contributed by atoms with van der Waals surface area (Å²) < 4.78 is 0. The number of phenols is 2. The van der Waals surface area contributed by atoms with E-state index in [1.165, 1.54) is 0 Å². The van der Waals surface area contributed by atoms with Crippen LogP contribution in [-0.4, -0.2) is 10.2 Å². The van der Waals surface area contributed by atoms with Gasteiger partial charge in [-0.05, 0) is 90.4 Å². The first kappa shape index (κ1) is 32.4. The normalized spacial score (nSPS) is 13.3. The molecule has 4 rings (SSSR count). The number of hydrogen-bond acceptors (Lipinski definition) is 2. The molecule has 2 heteroatoms. The highest BCUT2D eigenvalue weighted by Gasteiger charge is 2.42. The van der Waals surface area contributed by atoms with E-state index in [9.17, 15) is 10.2 Å². The minimum Gasteiger partial charge on any atom is -0.507 e. The molecular weight excluding hydrogens is 524 g/mol. The van der Waals surface area contributed by atoms with Crippen molar-refractivity contribution < 1.29 is 10.2 Å². The van der Waals surface area contributed by atoms with Crippen LogP contribution in [0.1, 0.15) is 128 Å². The smallest absolute Gasteiger partial charge is 0.123 e. The Kier molecular flexibility index (Phi) is 8.20. The number of phenolic OH excluding ortho intramolecular Hbond substituents is 2. The molecule has 0 radical (unpaired) electrons. The molecule has 228 valence electrons. The minimum atomic E-state index is -0.732. The molecule has 0 aliphatic heterocycles. The van der Waals surface area contributed by atoms with Crippen LogP contribution < -0.4 is 0 Å². The van der Waals surface area contributed by atoms with Gasteiger partial charge in [0.05, 0.1) is 5.41 Å². The summed E-state index contributed by atoms with van der Waals surface area (Å²) in [6, 6.07) is 30.3. The van der Waals surface area contributed by atoms with Crippen molar-refractivity contribution in [3.63, 3.8) is 0 Å². The second kappa shape index (κ2) is 10.9. The van der Waals surface area contributed by atoms with E-state index in [1.807, 2.05) is 0 Å². The van der Waals surface area contributed by atoms with Crippen molar-refractivity contribution >= 4 is 0 Å². The van der Waals surface area contributed by atoms with Gasteiger partial charge in [0, 0.05) is 0 Å². The monoisotopic (exact) mass is 576 g/mol. The van der Waals surface area contributed by atoms with Gasteiger partial charge in [-0.3, -0.25) is 0 Å². The van der Waals surface area contributed by atoms with Crippen molar-refractivity contribution in [1.29, 1.82) is 0 Å². The maximum Gasteiger partial charge on any atom is 0.123 e. The van der Waals surface area contributed by atoms with Gasteiger partial charge in [0.2, 0.25) is 0 Å². The molecule has 0 saturated carbocycles. The predicted octanol–water partition coefficient (Wildman–Crippen LogP) is 10.7. The Morgan fingerprint density at radius 2 is 0.581 bits per heavy atom. The van der Waals surface area contributed by atoms with E-state index in [0.29, 0.717) is 11.5 Å². The zero-order valence-electron chi connectivity index (χ0n) is 28.5. The maximum atomic E-state index is 11.8. The van der Waals surface area contributed by atoms with Gasteiger partial charge in [-0.15, -0.1) is 0 Å². The highest BCUT2D eigenvalue weighted by Crippen LogP contribution is 2.52. The van der Waals surface area contributed by atoms with Gasteiger partial charge >= 0.3 is 0 Å². The van der Waals surface area contributed by atoms with Gasteiger partial charge in [0.25, 0.3) is 0 Å². The fraction of sp³-hybridized carbons (Fsp3) is 0.415. The van der Waals surface area contributed by atoms with Crippen LogP contribution >= 0.6 is 0 Å². The third kappa shape index (κ3) is 5.99. The fourth-order valence-corrected chi connectivity index (χ4v) is 6.37. The van der Waals surface area contributed by atoms with Crippen LogP contribution in [0.5, 0.6) is 11.5 Å². The van der Waals surface area contributed by atoms with Gasteiger partial charge < -0.3 is 10.2 Å². The van der Waals surface area contributed by atoms with E-state index in [0.717, 1.165) is 44.5 Å². The van der Waals surface area contributed by atoms with Gasteiger partial charge in [-0.2, -0.15) is 0 Å². The van der Waals surface area contributed by atoms with Gasteiger partial charge in [-0.1, -0.05) is 144 Å². The Morgan fingerprint density at radius 1 is 0.349 bits per heavy atom. The predicted molar refractivity (Wildman–Crippen MR) is 183 cm³/mol. The molecule has 0 aromatic heterocycles. The average molecular weight is 577 g/mol. The Labute approximate surface area is 260 Å². The van der Waals surface area contributed by atoms with E-state index in [1.54, 1.807) is 0 Å². The molecule has 0 heterocycles. The number of rotatable bonds is 4. The lowest BCUT2D eigenvalue weighted by Crippen LogP contribution is -2.33. The molecule has 43 heavy (non-hydrogen) atoms. The van der Waals surface area contributed by atoms with Crippen LogP contribution in [0.15, 0.2) is 84.9 Å². The zero-order chi connectivity index (χ0) is 32.2. The minimum absolute atomic E-state index is 0.290. The summed E-state index contributed by atoms with van der Waals surface area (Å²) in [4.78, 5) is 0. The Morgan fingerprint density at radius 3 is 0.791 bits per heavy atom. The molecule has 0 spiro atoms. The van der Waals surface area contributed by atoms with E-state index >= 15 is 0 Å². The van der Waals surface area contributed by atoms with Crippen molar-refractivity contribution in [2.24, 2.45) is 0 Å². The van der Waals surface area contributed by atoms with Crippen LogP contribution in [0.25, 0.3) is 0 Å². The molecule has 2 N–H and O–H groups in total. The standard InChI is InChI=1S/C41H52O2/c1-37(2,3)31-23-29(24-32(35(31)42)38(4,5)6)41(27-19-15-13-16-20-27,28-21-17-14-18-22-28)30-25-33(39(7,8)9)36(43)34(26-30)40(10,11)12/h13-26,42-43H,1-12H3. The molecule has 0 bridgehead atoms. The number of aromatic hydroxyl groups is 2. The van der Waals surface area contributed by atoms with E-state index in [2.05, 4.69) is 168 Å². The van der Waals surface area contributed by atoms with Crippen LogP contribution in [0.4, 0.5) is 0 Å². The summed E-state index contributed by atoms with van der Waals surface area (Å²) >= 11 is 0. The summed E-state index contributed by atoms with van der Waals surface area (Å²) in [5.74, 6) is 0.741. The molecule has 0 atom stereocenters. The number of hydrogen-bond donors (Lipinski definition) is 2. The lowest BCUT2D eigenvalue weighted by Gasteiger charge is -2.41. The second-order valence-corrected chi connectivity index (χ2v) is 16.3. The highest BCUT2D eigenvalue weighted by molar-refractivity contribution is 5.66. The Balaban J connectivity index is 2.37. The van der Waals surface area contributed by atoms with Crippen molar-refractivity contribution in [2.75, 3.05) is 0 Å². The first-order valence-corrected chi connectivity index (χ1v) is 15.6. The van der Waals surface area contributed by atoms with Crippen LogP contribution in [0.2, 0.25) is 0 Å². The lowest BCUT2D eigenvalue weighted by atomic mass is 9.62. The number of benzene rings is 4. The molecule has 0 unspecified atom stereocenters. The largest absolute Gasteiger partial charge is 0.507 e. The van der Waals surface area contributed by atoms with Crippen LogP contribution in [0.3, 0.4) is 0 Å². The third-order valence-corrected chi connectivity index (χ3v) is 8.73. The SMILES string of the molecule is CC(C)(C)c1cc(C(c2ccccc2)(c2ccccc2)c2cc(C(C)(C)C)c(O)c(C(C)(C)C)c2)cc(C(C)(C)C)c1O. The molecule has 0 aliphatic rings. The summed E-state index contributed by atoms with van der Waals surface area (Å²) in [5, 5.41) is 23.5. The molecule has 2 nitrogen and oxygen atoms in total. The van der Waals surface area contributed by atoms with E-state index in [4.69, 9.17) is 0 Å². The second-order valence-electron chi connectivity index (χ2n) is 16.3. The van der Waals surface area contributed by atoms with Gasteiger partial charge in [0.15, 0.2) is 0 Å². The molecular formula is C41H52O2. The first-order chi connectivity index (χ1) is 19.7. The maximum absolute atomic E-state index is 11.8. The Bertz CT molecular complexity index is 1390. The first-order valence-electron chi connectivity index (χ1n) is 15.6. The highest BCUT2D eigenvalue weighted by atomic mass is 16.3. The fourth-order valence-electron chi connectivity index (χ4n) is 6.37. The van der Waals surface area contributed by atoms with E-state index in [-0.39, 0.29) is 21.7 Å². The molecule has 0 saturated heterocycles. The molecule has 0 aliphatic carbocycles.